The SMILES string of the molecule is CC(C)c1nc(N=S(C)(=O)c2ccco2)c2cc(N)c(C=N)cc2c1-c1ccc(F)cc1. The summed E-state index contributed by atoms with van der Waals surface area (Å²) in [5.41, 5.74) is 9.40. The number of benzene rings is 2. The highest BCUT2D eigenvalue weighted by Gasteiger charge is 2.21. The fourth-order valence-electron chi connectivity index (χ4n) is 3.61. The normalized spacial score (nSPS) is 13.3. The maximum absolute atomic E-state index is 13.6. The lowest BCUT2D eigenvalue weighted by molar-refractivity contribution is 0.464. The molecule has 0 saturated heterocycles. The molecule has 4 aromatic rings. The second-order valence-corrected chi connectivity index (χ2v) is 10.0. The van der Waals surface area contributed by atoms with Crippen LogP contribution in [0.2, 0.25) is 0 Å². The van der Waals surface area contributed by atoms with E-state index in [-0.39, 0.29) is 22.6 Å². The largest absolute Gasteiger partial charge is 0.455 e. The van der Waals surface area contributed by atoms with Crippen LogP contribution in [0.15, 0.2) is 68.7 Å². The fourth-order valence-corrected chi connectivity index (χ4v) is 4.74. The van der Waals surface area contributed by atoms with Crippen LogP contribution in [0.3, 0.4) is 0 Å². The van der Waals surface area contributed by atoms with Crippen molar-refractivity contribution in [1.29, 1.82) is 5.41 Å². The predicted octanol–water partition coefficient (Wildman–Crippen LogP) is 6.13. The predicted molar refractivity (Wildman–Crippen MR) is 127 cm³/mol. The molecule has 0 aliphatic heterocycles. The molecular formula is C24H23FN4O2S. The van der Waals surface area contributed by atoms with Crippen molar-refractivity contribution in [3.8, 4) is 11.1 Å². The van der Waals surface area contributed by atoms with E-state index in [0.717, 1.165) is 22.2 Å². The van der Waals surface area contributed by atoms with E-state index < -0.39 is 9.73 Å². The number of nitrogen functional groups attached to an aromatic ring is 1. The average Bonchev–Trinajstić information content (AvgIpc) is 3.30. The maximum Gasteiger partial charge on any atom is 0.198 e. The molecule has 3 N–H and O–H groups in total. The molecule has 164 valence electrons. The number of aromatic nitrogens is 1. The number of hydrogen-bond donors (Lipinski definition) is 2. The van der Waals surface area contributed by atoms with Crippen LogP contribution in [-0.2, 0) is 9.73 Å². The molecule has 0 bridgehead atoms. The molecule has 0 aliphatic carbocycles. The van der Waals surface area contributed by atoms with Crippen molar-refractivity contribution in [3.63, 3.8) is 0 Å². The fraction of sp³-hybridized carbons (Fsp3) is 0.167. The lowest BCUT2D eigenvalue weighted by Crippen LogP contribution is -2.03. The zero-order chi connectivity index (χ0) is 23.0. The first kappa shape index (κ1) is 21.7. The Hall–Kier alpha value is -3.52. The molecule has 2 heterocycles. The van der Waals surface area contributed by atoms with Gasteiger partial charge in [-0.1, -0.05) is 26.0 Å². The van der Waals surface area contributed by atoms with E-state index in [0.29, 0.717) is 16.6 Å². The second kappa shape index (κ2) is 8.20. The Balaban J connectivity index is 2.15. The third-order valence-corrected chi connectivity index (χ3v) is 6.68. The Morgan fingerprint density at radius 1 is 1.19 bits per heavy atom. The Labute approximate surface area is 186 Å². The van der Waals surface area contributed by atoms with E-state index in [1.54, 1.807) is 36.4 Å². The number of nitrogens with one attached hydrogen (secondary N) is 1. The molecule has 1 unspecified atom stereocenters. The summed E-state index contributed by atoms with van der Waals surface area (Å²) in [6.45, 7) is 3.99. The quantitative estimate of drug-likeness (QED) is 0.282. The first-order valence-electron chi connectivity index (χ1n) is 10.0. The van der Waals surface area contributed by atoms with Gasteiger partial charge in [0.05, 0.1) is 12.0 Å². The van der Waals surface area contributed by atoms with Gasteiger partial charge in [0.1, 0.15) is 15.5 Å². The standard InChI is InChI=1S/C24H23FN4O2S/c1-14(2)23-22(15-6-8-17(25)9-7-15)18-11-16(13-26)20(27)12-19(18)24(28-23)29-32(3,30)21-5-4-10-31-21/h4-14,26H,27H2,1-3H3. The Bertz CT molecular complexity index is 1440. The molecule has 0 radical (unpaired) electrons. The van der Waals surface area contributed by atoms with Crippen LogP contribution in [0, 0.1) is 11.2 Å². The van der Waals surface area contributed by atoms with Crippen LogP contribution < -0.4 is 5.73 Å². The third-order valence-electron chi connectivity index (χ3n) is 5.18. The lowest BCUT2D eigenvalue weighted by Gasteiger charge is -2.18. The van der Waals surface area contributed by atoms with Crippen molar-refractivity contribution < 1.29 is 13.0 Å². The molecule has 2 aromatic heterocycles. The van der Waals surface area contributed by atoms with E-state index >= 15 is 0 Å². The van der Waals surface area contributed by atoms with Gasteiger partial charge in [-0.25, -0.2) is 13.6 Å². The highest BCUT2D eigenvalue weighted by atomic mass is 32.2. The minimum Gasteiger partial charge on any atom is -0.455 e. The van der Waals surface area contributed by atoms with Gasteiger partial charge < -0.3 is 15.6 Å². The summed E-state index contributed by atoms with van der Waals surface area (Å²) >= 11 is 0. The van der Waals surface area contributed by atoms with Crippen LogP contribution in [0.5, 0.6) is 0 Å². The van der Waals surface area contributed by atoms with Crippen LogP contribution >= 0.6 is 0 Å². The molecule has 2 aromatic carbocycles. The van der Waals surface area contributed by atoms with Gasteiger partial charge in [0, 0.05) is 34.7 Å². The van der Waals surface area contributed by atoms with E-state index in [4.69, 9.17) is 20.5 Å². The molecule has 8 heteroatoms. The zero-order valence-corrected chi connectivity index (χ0v) is 18.7. The molecule has 6 nitrogen and oxygen atoms in total. The monoisotopic (exact) mass is 450 g/mol. The van der Waals surface area contributed by atoms with Crippen molar-refractivity contribution in [3.05, 3.63) is 71.9 Å². The van der Waals surface area contributed by atoms with E-state index in [9.17, 15) is 8.60 Å². The number of halogens is 1. The summed E-state index contributed by atoms with van der Waals surface area (Å²) in [4.78, 5) is 4.80. The van der Waals surface area contributed by atoms with Gasteiger partial charge in [0.2, 0.25) is 0 Å². The molecular weight excluding hydrogens is 427 g/mol. The highest BCUT2D eigenvalue weighted by Crippen LogP contribution is 2.41. The van der Waals surface area contributed by atoms with Crippen LogP contribution in [0.25, 0.3) is 21.9 Å². The maximum atomic E-state index is 13.6. The average molecular weight is 451 g/mol. The van der Waals surface area contributed by atoms with Gasteiger partial charge in [0.15, 0.2) is 10.9 Å². The molecule has 0 amide bonds. The number of fused-ring (bicyclic) bond motifs is 1. The van der Waals surface area contributed by atoms with Gasteiger partial charge in [-0.2, -0.15) is 4.36 Å². The van der Waals surface area contributed by atoms with Crippen LogP contribution in [0.1, 0.15) is 31.0 Å². The molecule has 0 fully saturated rings. The molecule has 0 aliphatic rings. The minimum atomic E-state index is -2.90. The van der Waals surface area contributed by atoms with E-state index in [1.165, 1.54) is 30.9 Å². The molecule has 0 saturated carbocycles. The first-order chi connectivity index (χ1) is 15.2. The lowest BCUT2D eigenvalue weighted by atomic mass is 9.91. The summed E-state index contributed by atoms with van der Waals surface area (Å²) in [5.74, 6) is -0.0649. The van der Waals surface area contributed by atoms with Gasteiger partial charge in [-0.15, -0.1) is 0 Å². The summed E-state index contributed by atoms with van der Waals surface area (Å²) < 4.78 is 36.8. The first-order valence-corrected chi connectivity index (χ1v) is 11.9. The van der Waals surface area contributed by atoms with Crippen molar-refractivity contribution >= 4 is 38.2 Å². The Morgan fingerprint density at radius 2 is 1.91 bits per heavy atom. The third kappa shape index (κ3) is 3.89. The van der Waals surface area contributed by atoms with Crippen LogP contribution in [0.4, 0.5) is 15.9 Å². The molecule has 32 heavy (non-hydrogen) atoms. The number of furan rings is 1. The van der Waals surface area contributed by atoms with Crippen molar-refractivity contribution in [1.82, 2.24) is 4.98 Å². The molecule has 1 atom stereocenters. The smallest absolute Gasteiger partial charge is 0.198 e. The van der Waals surface area contributed by atoms with Crippen molar-refractivity contribution in [2.45, 2.75) is 24.9 Å². The number of hydrogen-bond acceptors (Lipinski definition) is 6. The minimum absolute atomic E-state index is 0.00842. The molecule has 4 rings (SSSR count). The van der Waals surface area contributed by atoms with Gasteiger partial charge in [-0.3, -0.25) is 0 Å². The topological polar surface area (TPSA) is 105 Å². The van der Waals surface area contributed by atoms with Gasteiger partial charge >= 0.3 is 0 Å². The number of nitrogens with two attached hydrogens (primary N) is 1. The number of anilines is 1. The summed E-state index contributed by atoms with van der Waals surface area (Å²) in [5, 5.41) is 9.34. The Morgan fingerprint density at radius 3 is 2.50 bits per heavy atom. The molecule has 0 spiro atoms. The van der Waals surface area contributed by atoms with Gasteiger partial charge in [0.25, 0.3) is 0 Å². The number of rotatable bonds is 5. The summed E-state index contributed by atoms with van der Waals surface area (Å²) in [6.07, 6.45) is 4.13. The zero-order valence-electron chi connectivity index (χ0n) is 17.9. The summed E-state index contributed by atoms with van der Waals surface area (Å²) in [7, 11) is -2.90. The van der Waals surface area contributed by atoms with Crippen molar-refractivity contribution in [2.75, 3.05) is 12.0 Å². The van der Waals surface area contributed by atoms with Crippen LogP contribution in [-0.4, -0.2) is 21.7 Å². The van der Waals surface area contributed by atoms with Gasteiger partial charge in [-0.05, 0) is 53.3 Å². The van der Waals surface area contributed by atoms with Crippen molar-refractivity contribution in [2.24, 2.45) is 4.36 Å². The number of nitrogens with zero attached hydrogens (tertiary/aromatic N) is 2. The van der Waals surface area contributed by atoms with E-state index in [1.807, 2.05) is 13.8 Å². The number of pyridine rings is 1. The highest BCUT2D eigenvalue weighted by molar-refractivity contribution is 7.92. The summed E-state index contributed by atoms with van der Waals surface area (Å²) in [6, 6.07) is 12.9. The second-order valence-electron chi connectivity index (χ2n) is 7.85. The van der Waals surface area contributed by atoms with E-state index in [2.05, 4.69) is 4.36 Å². The Kier molecular flexibility index (Phi) is 5.56.